The molecule has 0 amide bonds. The number of unbranched alkanes of at least 4 members (excludes halogenated alkanes) is 3. The molecular formula is C19H34Cl4FeN. The Kier molecular flexibility index (Phi) is 15.4. The van der Waals surface area contributed by atoms with Gasteiger partial charge in [-0.1, -0.05) is 70.4 Å². The van der Waals surface area contributed by atoms with Crippen LogP contribution in [-0.4, -0.2) is 24.1 Å². The van der Waals surface area contributed by atoms with Crippen molar-refractivity contribution in [3.05, 3.63) is 35.9 Å². The van der Waals surface area contributed by atoms with E-state index in [-0.39, 0.29) is 0 Å². The first-order chi connectivity index (χ1) is 11.8. The second kappa shape index (κ2) is 14.9. The van der Waals surface area contributed by atoms with E-state index >= 15 is 0 Å². The van der Waals surface area contributed by atoms with E-state index in [0.717, 1.165) is 0 Å². The van der Waals surface area contributed by atoms with Gasteiger partial charge in [0, 0.05) is 5.56 Å². The Morgan fingerprint density at radius 1 is 0.720 bits per heavy atom. The van der Waals surface area contributed by atoms with Crippen LogP contribution in [0.2, 0.25) is 0 Å². The summed E-state index contributed by atoms with van der Waals surface area (Å²) in [5.41, 5.74) is 1.51. The Labute approximate surface area is 174 Å². The fourth-order valence-electron chi connectivity index (χ4n) is 3.02. The molecule has 1 aromatic carbocycles. The van der Waals surface area contributed by atoms with E-state index in [0.29, 0.717) is 0 Å². The van der Waals surface area contributed by atoms with Gasteiger partial charge in [-0.2, -0.15) is 0 Å². The fourth-order valence-corrected chi connectivity index (χ4v) is 3.02. The van der Waals surface area contributed by atoms with Crippen molar-refractivity contribution in [3.8, 4) is 0 Å². The topological polar surface area (TPSA) is 0 Å². The zero-order valence-electron chi connectivity index (χ0n) is 15.8. The van der Waals surface area contributed by atoms with Gasteiger partial charge >= 0.3 is 49.6 Å². The molecule has 151 valence electrons. The first-order valence-corrected chi connectivity index (χ1v) is 15.3. The average molecular weight is 474 g/mol. The van der Waals surface area contributed by atoms with E-state index in [1.807, 2.05) is 0 Å². The van der Waals surface area contributed by atoms with Crippen molar-refractivity contribution in [1.82, 2.24) is 0 Å². The molecule has 0 fully saturated rings. The summed E-state index contributed by atoms with van der Waals surface area (Å²) in [6.07, 6.45) is 8.02. The summed E-state index contributed by atoms with van der Waals surface area (Å²) < 4.78 is 1.31. The molecule has 0 atom stereocenters. The van der Waals surface area contributed by atoms with Crippen LogP contribution in [0.1, 0.15) is 64.9 Å². The van der Waals surface area contributed by atoms with Gasteiger partial charge in [-0.15, -0.1) is 0 Å². The van der Waals surface area contributed by atoms with E-state index < -0.39 is 9.20 Å². The fraction of sp³-hybridized carbons (Fsp3) is 0.684. The number of nitrogens with zero attached hydrogens (tertiary/aromatic N) is 1. The van der Waals surface area contributed by atoms with Gasteiger partial charge in [-0.3, -0.25) is 0 Å². The monoisotopic (exact) mass is 472 g/mol. The zero-order chi connectivity index (χ0) is 19.2. The van der Waals surface area contributed by atoms with Crippen LogP contribution in [0.15, 0.2) is 30.3 Å². The zero-order valence-corrected chi connectivity index (χ0v) is 19.9. The summed E-state index contributed by atoms with van der Waals surface area (Å²) in [6.45, 7) is 12.2. The van der Waals surface area contributed by atoms with Crippen LogP contribution in [0.4, 0.5) is 0 Å². The van der Waals surface area contributed by atoms with Crippen LogP contribution in [0.5, 0.6) is 0 Å². The van der Waals surface area contributed by atoms with Gasteiger partial charge in [-0.25, -0.2) is 0 Å². The molecule has 25 heavy (non-hydrogen) atoms. The van der Waals surface area contributed by atoms with E-state index in [1.54, 1.807) is 0 Å². The van der Waals surface area contributed by atoms with Crippen molar-refractivity contribution >= 4 is 40.4 Å². The molecule has 1 rings (SSSR count). The van der Waals surface area contributed by atoms with Crippen LogP contribution >= 0.6 is 40.4 Å². The Hall–Kier alpha value is 0.859. The predicted octanol–water partition coefficient (Wildman–Crippen LogP) is 8.16. The average Bonchev–Trinajstić information content (AvgIpc) is 2.55. The molecular weight excluding hydrogens is 440 g/mol. The van der Waals surface area contributed by atoms with Crippen molar-refractivity contribution in [1.29, 1.82) is 0 Å². The molecule has 0 spiro atoms. The minimum absolute atomic E-state index is 1.22. The van der Waals surface area contributed by atoms with E-state index in [9.17, 15) is 0 Å². The third kappa shape index (κ3) is 15.6. The maximum absolute atomic E-state index is 4.95. The Morgan fingerprint density at radius 3 is 1.40 bits per heavy atom. The summed E-state index contributed by atoms with van der Waals surface area (Å²) in [7, 11) is 17.2. The third-order valence-corrected chi connectivity index (χ3v) is 4.32. The molecule has 1 nitrogen and oxygen atoms in total. The SMILES string of the molecule is CCCC[N+](CCCC)(CCCC)Cc1ccccc1.[Cl][Fe-]([Cl])([Cl])[Cl]. The van der Waals surface area contributed by atoms with Crippen LogP contribution in [0.25, 0.3) is 0 Å². The molecule has 6 heteroatoms. The molecule has 0 bridgehead atoms. The van der Waals surface area contributed by atoms with E-state index in [4.69, 9.17) is 40.4 Å². The number of hydrogen-bond acceptors (Lipinski definition) is 0. The summed E-state index contributed by atoms with van der Waals surface area (Å²) >= 11 is 0. The predicted molar refractivity (Wildman–Crippen MR) is 113 cm³/mol. The molecule has 0 radical (unpaired) electrons. The number of halogens is 4. The van der Waals surface area contributed by atoms with Crippen LogP contribution in [0, 0.1) is 0 Å². The van der Waals surface area contributed by atoms with E-state index in [1.165, 1.54) is 74.8 Å². The molecule has 0 aliphatic carbocycles. The summed E-state index contributed by atoms with van der Waals surface area (Å²) in [5, 5.41) is 0. The number of quaternary nitrogens is 1. The second-order valence-corrected chi connectivity index (χ2v) is 17.5. The summed E-state index contributed by atoms with van der Waals surface area (Å²) in [6, 6.07) is 11.1. The Bertz CT molecular complexity index is 395. The van der Waals surface area contributed by atoms with Crippen molar-refractivity contribution in [3.63, 3.8) is 0 Å². The third-order valence-electron chi connectivity index (χ3n) is 4.32. The molecule has 0 saturated carbocycles. The molecule has 0 saturated heterocycles. The summed E-state index contributed by atoms with van der Waals surface area (Å²) in [4.78, 5) is 0. The molecule has 0 aliphatic rings. The van der Waals surface area contributed by atoms with Gasteiger partial charge < -0.3 is 4.48 Å². The normalized spacial score (nSPS) is 12.4. The molecule has 0 aliphatic heterocycles. The van der Waals surface area contributed by atoms with Gasteiger partial charge in [0.05, 0.1) is 19.6 Å². The molecule has 0 unspecified atom stereocenters. The van der Waals surface area contributed by atoms with Crippen molar-refractivity contribution < 1.29 is 13.7 Å². The van der Waals surface area contributed by atoms with Crippen molar-refractivity contribution in [2.75, 3.05) is 19.6 Å². The Morgan fingerprint density at radius 2 is 1.08 bits per heavy atom. The van der Waals surface area contributed by atoms with Gasteiger partial charge in [-0.05, 0) is 19.3 Å². The van der Waals surface area contributed by atoms with Gasteiger partial charge in [0.15, 0.2) is 0 Å². The van der Waals surface area contributed by atoms with Gasteiger partial charge in [0.25, 0.3) is 0 Å². The van der Waals surface area contributed by atoms with Gasteiger partial charge in [0.2, 0.25) is 0 Å². The molecule has 0 aromatic heterocycles. The van der Waals surface area contributed by atoms with Gasteiger partial charge in [0.1, 0.15) is 6.54 Å². The number of hydrogen-bond donors (Lipinski definition) is 0. The number of benzene rings is 1. The Balaban J connectivity index is 0.00000101. The summed E-state index contributed by atoms with van der Waals surface area (Å²) in [5.74, 6) is 0. The van der Waals surface area contributed by atoms with Crippen LogP contribution in [0.3, 0.4) is 0 Å². The van der Waals surface area contributed by atoms with Crippen LogP contribution < -0.4 is 0 Å². The quantitative estimate of drug-likeness (QED) is 0.224. The molecule has 1 aromatic rings. The number of rotatable bonds is 11. The second-order valence-electron chi connectivity index (χ2n) is 6.52. The first-order valence-electron chi connectivity index (χ1n) is 9.18. The maximum atomic E-state index is 4.95. The van der Waals surface area contributed by atoms with Crippen LogP contribution in [-0.2, 0) is 15.7 Å². The standard InChI is InChI=1S/C19H34N.4ClH.Fe/c1-4-7-15-20(16-8-5-2,17-9-6-3)18-19-13-11-10-12-14-19;;;;;/h10-14H,4-9,15-18H2,1-3H3;4*1H;/q+1;;;;;+3/p-4. The van der Waals surface area contributed by atoms with Crippen molar-refractivity contribution in [2.45, 2.75) is 65.8 Å². The van der Waals surface area contributed by atoms with E-state index in [2.05, 4.69) is 51.1 Å². The van der Waals surface area contributed by atoms with Crippen molar-refractivity contribution in [2.24, 2.45) is 0 Å². The molecule has 0 N–H and O–H groups in total. The molecule has 0 heterocycles. The first kappa shape index (κ1) is 25.9. The minimum atomic E-state index is -2.61.